The van der Waals surface area contributed by atoms with Crippen LogP contribution in [0, 0.1) is 10.1 Å². The van der Waals surface area contributed by atoms with Crippen LogP contribution in [0.1, 0.15) is 20.9 Å². The SMILES string of the molecule is COc1ccccc1NC(=O)c1oc2ccccc2c1NC(=O)c1ccc([N+](=O)[O-])cc1. The molecule has 2 N–H and O–H groups in total. The van der Waals surface area contributed by atoms with Crippen molar-refractivity contribution in [2.24, 2.45) is 0 Å². The molecule has 0 atom stereocenters. The molecular weight excluding hydrogens is 414 g/mol. The average molecular weight is 431 g/mol. The third kappa shape index (κ3) is 3.99. The van der Waals surface area contributed by atoms with E-state index < -0.39 is 16.7 Å². The van der Waals surface area contributed by atoms with Gasteiger partial charge in [-0.1, -0.05) is 24.3 Å². The summed E-state index contributed by atoms with van der Waals surface area (Å²) in [5, 5.41) is 16.8. The predicted octanol–water partition coefficient (Wildman–Crippen LogP) is 4.85. The van der Waals surface area contributed by atoms with E-state index in [1.165, 1.54) is 31.4 Å². The molecule has 4 rings (SSSR count). The van der Waals surface area contributed by atoms with Crippen LogP contribution >= 0.6 is 0 Å². The van der Waals surface area contributed by atoms with Crippen molar-refractivity contribution in [3.05, 3.63) is 94.2 Å². The van der Waals surface area contributed by atoms with Crippen LogP contribution in [-0.2, 0) is 0 Å². The number of methoxy groups -OCH3 is 1. The normalized spacial score (nSPS) is 10.5. The number of nitrogens with one attached hydrogen (secondary N) is 2. The Hall–Kier alpha value is -4.66. The van der Waals surface area contributed by atoms with Crippen molar-refractivity contribution in [3.63, 3.8) is 0 Å². The molecule has 0 spiro atoms. The first kappa shape index (κ1) is 20.6. The highest BCUT2D eigenvalue weighted by atomic mass is 16.6. The first-order valence-electron chi connectivity index (χ1n) is 9.49. The molecule has 2 amide bonds. The number of fused-ring (bicyclic) bond motifs is 1. The summed E-state index contributed by atoms with van der Waals surface area (Å²) in [7, 11) is 1.49. The van der Waals surface area contributed by atoms with E-state index in [0.717, 1.165) is 0 Å². The van der Waals surface area contributed by atoms with Crippen LogP contribution in [0.3, 0.4) is 0 Å². The van der Waals surface area contributed by atoms with Crippen LogP contribution in [-0.4, -0.2) is 23.8 Å². The highest BCUT2D eigenvalue weighted by Gasteiger charge is 2.23. The number of hydrogen-bond donors (Lipinski definition) is 2. The van der Waals surface area contributed by atoms with Crippen LogP contribution < -0.4 is 15.4 Å². The van der Waals surface area contributed by atoms with Gasteiger partial charge in [0.2, 0.25) is 5.76 Å². The van der Waals surface area contributed by atoms with E-state index in [2.05, 4.69) is 10.6 Å². The number of rotatable bonds is 6. The highest BCUT2D eigenvalue weighted by molar-refractivity contribution is 6.17. The largest absolute Gasteiger partial charge is 0.495 e. The van der Waals surface area contributed by atoms with Gasteiger partial charge >= 0.3 is 0 Å². The van der Waals surface area contributed by atoms with Crippen molar-refractivity contribution in [2.45, 2.75) is 0 Å². The fourth-order valence-electron chi connectivity index (χ4n) is 3.18. The van der Waals surface area contributed by atoms with Gasteiger partial charge < -0.3 is 19.8 Å². The third-order valence-corrected chi connectivity index (χ3v) is 4.74. The van der Waals surface area contributed by atoms with Gasteiger partial charge in [0, 0.05) is 23.1 Å². The monoisotopic (exact) mass is 431 g/mol. The number of benzene rings is 3. The van der Waals surface area contributed by atoms with Gasteiger partial charge in [-0.2, -0.15) is 0 Å². The molecule has 0 saturated heterocycles. The van der Waals surface area contributed by atoms with Gasteiger partial charge in [-0.25, -0.2) is 0 Å². The molecule has 0 aliphatic heterocycles. The van der Waals surface area contributed by atoms with Crippen molar-refractivity contribution >= 4 is 39.8 Å². The summed E-state index contributed by atoms with van der Waals surface area (Å²) in [5.74, 6) is -0.747. The van der Waals surface area contributed by atoms with Gasteiger partial charge in [0.25, 0.3) is 17.5 Å². The molecule has 4 aromatic rings. The number of nitrogens with zero attached hydrogens (tertiary/aromatic N) is 1. The smallest absolute Gasteiger partial charge is 0.293 e. The van der Waals surface area contributed by atoms with E-state index in [9.17, 15) is 19.7 Å². The van der Waals surface area contributed by atoms with E-state index in [-0.39, 0.29) is 22.7 Å². The molecule has 0 bridgehead atoms. The quantitative estimate of drug-likeness (QED) is 0.332. The second kappa shape index (κ2) is 8.60. The van der Waals surface area contributed by atoms with E-state index >= 15 is 0 Å². The number of nitro groups is 1. The maximum atomic E-state index is 13.0. The second-order valence-corrected chi connectivity index (χ2v) is 6.71. The summed E-state index contributed by atoms with van der Waals surface area (Å²) in [6, 6.07) is 18.9. The number of carbonyl (C=O) groups excluding carboxylic acids is 2. The van der Waals surface area contributed by atoms with Gasteiger partial charge in [0.1, 0.15) is 17.0 Å². The van der Waals surface area contributed by atoms with Crippen molar-refractivity contribution in [1.82, 2.24) is 0 Å². The molecule has 0 fully saturated rings. The van der Waals surface area contributed by atoms with Crippen LogP contribution in [0.25, 0.3) is 11.0 Å². The van der Waals surface area contributed by atoms with Gasteiger partial charge in [-0.15, -0.1) is 0 Å². The molecule has 0 aliphatic carbocycles. The molecule has 1 heterocycles. The lowest BCUT2D eigenvalue weighted by Crippen LogP contribution is -2.17. The maximum absolute atomic E-state index is 13.0. The Morgan fingerprint density at radius 3 is 2.31 bits per heavy atom. The minimum atomic E-state index is -0.579. The average Bonchev–Trinajstić information content (AvgIpc) is 3.18. The van der Waals surface area contributed by atoms with Crippen LogP contribution in [0.15, 0.2) is 77.2 Å². The number of carbonyl (C=O) groups is 2. The molecule has 0 aliphatic rings. The lowest BCUT2D eigenvalue weighted by Gasteiger charge is -2.10. The molecular formula is C23H17N3O6. The number of hydrogen-bond acceptors (Lipinski definition) is 6. The minimum Gasteiger partial charge on any atom is -0.495 e. The summed E-state index contributed by atoms with van der Waals surface area (Å²) >= 11 is 0. The molecule has 160 valence electrons. The Morgan fingerprint density at radius 1 is 0.906 bits per heavy atom. The number of para-hydroxylation sites is 3. The summed E-state index contributed by atoms with van der Waals surface area (Å²) in [6.45, 7) is 0. The number of non-ortho nitro benzene ring substituents is 1. The fraction of sp³-hybridized carbons (Fsp3) is 0.0435. The van der Waals surface area contributed by atoms with Crippen LogP contribution in [0.4, 0.5) is 17.1 Å². The molecule has 0 saturated carbocycles. The number of amides is 2. The standard InChI is InChI=1S/C23H17N3O6/c1-31-19-9-5-3-7-17(19)24-23(28)21-20(16-6-2-4-8-18(16)32-21)25-22(27)14-10-12-15(13-11-14)26(29)30/h2-13H,1H3,(H,24,28)(H,25,27). The van der Waals surface area contributed by atoms with Crippen molar-refractivity contribution < 1.29 is 23.7 Å². The van der Waals surface area contributed by atoms with E-state index in [1.807, 2.05) is 0 Å². The van der Waals surface area contributed by atoms with Crippen molar-refractivity contribution in [2.75, 3.05) is 17.7 Å². The molecule has 32 heavy (non-hydrogen) atoms. The second-order valence-electron chi connectivity index (χ2n) is 6.71. The minimum absolute atomic E-state index is 0.0904. The van der Waals surface area contributed by atoms with E-state index in [1.54, 1.807) is 48.5 Å². The van der Waals surface area contributed by atoms with Crippen LogP contribution in [0.2, 0.25) is 0 Å². The molecule has 0 unspecified atom stereocenters. The zero-order chi connectivity index (χ0) is 22.7. The molecule has 9 heteroatoms. The highest BCUT2D eigenvalue weighted by Crippen LogP contribution is 2.33. The summed E-state index contributed by atoms with van der Waals surface area (Å²) in [6.07, 6.45) is 0. The van der Waals surface area contributed by atoms with E-state index in [0.29, 0.717) is 22.4 Å². The van der Waals surface area contributed by atoms with Crippen molar-refractivity contribution in [3.8, 4) is 5.75 Å². The van der Waals surface area contributed by atoms with Gasteiger partial charge in [-0.3, -0.25) is 19.7 Å². The van der Waals surface area contributed by atoms with Crippen molar-refractivity contribution in [1.29, 1.82) is 0 Å². The Kier molecular flexibility index (Phi) is 5.54. The first-order chi connectivity index (χ1) is 15.5. The fourth-order valence-corrected chi connectivity index (χ4v) is 3.18. The van der Waals surface area contributed by atoms with Gasteiger partial charge in [-0.05, 0) is 36.4 Å². The Bertz CT molecular complexity index is 1330. The molecule has 3 aromatic carbocycles. The topological polar surface area (TPSA) is 124 Å². The molecule has 9 nitrogen and oxygen atoms in total. The van der Waals surface area contributed by atoms with Crippen LogP contribution in [0.5, 0.6) is 5.75 Å². The van der Waals surface area contributed by atoms with E-state index in [4.69, 9.17) is 9.15 Å². The number of anilines is 2. The Labute approximate surface area is 181 Å². The number of nitro benzene ring substituents is 1. The summed E-state index contributed by atoms with van der Waals surface area (Å²) in [5.41, 5.74) is 1.10. The summed E-state index contributed by atoms with van der Waals surface area (Å²) < 4.78 is 11.0. The number of ether oxygens (including phenoxy) is 1. The molecule has 1 aromatic heterocycles. The molecule has 0 radical (unpaired) electrons. The first-order valence-corrected chi connectivity index (χ1v) is 9.49. The van der Waals surface area contributed by atoms with Gasteiger partial charge in [0.05, 0.1) is 17.7 Å². The zero-order valence-electron chi connectivity index (χ0n) is 16.8. The van der Waals surface area contributed by atoms with Gasteiger partial charge in [0.15, 0.2) is 0 Å². The predicted molar refractivity (Wildman–Crippen MR) is 118 cm³/mol. The Morgan fingerprint density at radius 2 is 1.59 bits per heavy atom. The lowest BCUT2D eigenvalue weighted by atomic mass is 10.1. The maximum Gasteiger partial charge on any atom is 0.293 e. The third-order valence-electron chi connectivity index (χ3n) is 4.74. The Balaban J connectivity index is 1.68. The summed E-state index contributed by atoms with van der Waals surface area (Å²) in [4.78, 5) is 36.1. The lowest BCUT2D eigenvalue weighted by molar-refractivity contribution is -0.384. The number of furan rings is 1. The zero-order valence-corrected chi connectivity index (χ0v) is 16.8.